The molecule has 236 valence electrons. The Balaban J connectivity index is 1.61. The first-order valence-corrected chi connectivity index (χ1v) is 17.7. The van der Waals surface area contributed by atoms with Gasteiger partial charge < -0.3 is 10.2 Å². The van der Waals surface area contributed by atoms with Crippen LogP contribution in [0.25, 0.3) is 0 Å². The normalized spacial score (nSPS) is 14.5. The Kier molecular flexibility index (Phi) is 12.1. The molecule has 4 rings (SSSR count). The number of carbonyl (C=O) groups excluding carboxylic acids is 2. The number of anilines is 1. The van der Waals surface area contributed by atoms with Crippen LogP contribution in [0.15, 0.2) is 72.8 Å². The summed E-state index contributed by atoms with van der Waals surface area (Å²) in [5, 5.41) is 4.21. The maximum absolute atomic E-state index is 14.1. The third-order valence-electron chi connectivity index (χ3n) is 8.18. The van der Waals surface area contributed by atoms with Gasteiger partial charge in [0, 0.05) is 42.0 Å². The molecule has 0 bridgehead atoms. The van der Waals surface area contributed by atoms with Crippen LogP contribution in [-0.2, 0) is 32.6 Å². The van der Waals surface area contributed by atoms with Gasteiger partial charge in [-0.3, -0.25) is 13.9 Å². The van der Waals surface area contributed by atoms with Crippen molar-refractivity contribution in [1.29, 1.82) is 0 Å². The molecular weight excluding hydrogens is 617 g/mol. The zero-order valence-corrected chi connectivity index (χ0v) is 27.7. The molecular formula is C34H41Cl2N3O4S. The van der Waals surface area contributed by atoms with Crippen LogP contribution in [0.3, 0.4) is 0 Å². The van der Waals surface area contributed by atoms with E-state index in [1.54, 1.807) is 36.1 Å². The molecule has 7 nitrogen and oxygen atoms in total. The molecule has 0 aliphatic heterocycles. The fourth-order valence-corrected chi connectivity index (χ4v) is 7.14. The number of rotatable bonds is 13. The molecule has 0 heterocycles. The summed E-state index contributed by atoms with van der Waals surface area (Å²) in [7, 11) is -3.65. The predicted octanol–water partition coefficient (Wildman–Crippen LogP) is 6.94. The molecule has 1 aliphatic rings. The Morgan fingerprint density at radius 3 is 2.25 bits per heavy atom. The highest BCUT2D eigenvalue weighted by atomic mass is 35.5. The fraction of sp³-hybridized carbons (Fsp3) is 0.412. The van der Waals surface area contributed by atoms with Crippen molar-refractivity contribution < 1.29 is 18.0 Å². The Morgan fingerprint density at radius 1 is 0.909 bits per heavy atom. The second kappa shape index (κ2) is 15.8. The molecule has 1 unspecified atom stereocenters. The van der Waals surface area contributed by atoms with Gasteiger partial charge in [-0.05, 0) is 61.1 Å². The van der Waals surface area contributed by atoms with E-state index in [9.17, 15) is 18.0 Å². The zero-order valence-electron chi connectivity index (χ0n) is 25.3. The number of halogens is 2. The summed E-state index contributed by atoms with van der Waals surface area (Å²) in [6, 6.07) is 21.4. The molecule has 1 atom stereocenters. The van der Waals surface area contributed by atoms with Gasteiger partial charge in [-0.25, -0.2) is 8.42 Å². The number of nitrogens with zero attached hydrogens (tertiary/aromatic N) is 2. The smallest absolute Gasteiger partial charge is 0.243 e. The largest absolute Gasteiger partial charge is 0.352 e. The fourth-order valence-electron chi connectivity index (χ4n) is 5.76. The number of amides is 2. The average molecular weight is 659 g/mol. The van der Waals surface area contributed by atoms with Crippen molar-refractivity contribution >= 4 is 50.7 Å². The summed E-state index contributed by atoms with van der Waals surface area (Å²) in [5.41, 5.74) is 2.80. The lowest BCUT2D eigenvalue weighted by atomic mass is 9.94. The summed E-state index contributed by atoms with van der Waals surface area (Å²) >= 11 is 12.8. The SMILES string of the molecule is Cc1c(Cl)cccc1N(CCCC(=O)N(Cc1ccccc1Cl)C(Cc1ccccc1)C(=O)NC1CCCCC1)S(C)(=O)=O. The molecule has 2 amide bonds. The molecule has 3 aromatic rings. The van der Waals surface area contributed by atoms with Gasteiger partial charge in [0.25, 0.3) is 0 Å². The van der Waals surface area contributed by atoms with Crippen molar-refractivity contribution in [3.05, 3.63) is 99.5 Å². The van der Waals surface area contributed by atoms with E-state index in [2.05, 4.69) is 5.32 Å². The number of hydrogen-bond donors (Lipinski definition) is 1. The molecule has 3 aromatic carbocycles. The summed E-state index contributed by atoms with van der Waals surface area (Å²) in [6.07, 6.45) is 6.92. The van der Waals surface area contributed by atoms with E-state index in [1.807, 2.05) is 48.5 Å². The number of nitrogens with one attached hydrogen (secondary N) is 1. The molecule has 1 saturated carbocycles. The molecule has 0 saturated heterocycles. The first-order valence-electron chi connectivity index (χ1n) is 15.1. The first-order chi connectivity index (χ1) is 21.0. The van der Waals surface area contributed by atoms with Crippen molar-refractivity contribution in [2.75, 3.05) is 17.1 Å². The second-order valence-electron chi connectivity index (χ2n) is 11.5. The number of sulfonamides is 1. The zero-order chi connectivity index (χ0) is 31.7. The Bertz CT molecular complexity index is 1530. The van der Waals surface area contributed by atoms with Gasteiger partial charge in [-0.1, -0.05) is 97.1 Å². The van der Waals surface area contributed by atoms with Crippen molar-refractivity contribution in [1.82, 2.24) is 10.2 Å². The number of hydrogen-bond acceptors (Lipinski definition) is 4. The molecule has 0 aromatic heterocycles. The van der Waals surface area contributed by atoms with Crippen LogP contribution in [0.5, 0.6) is 0 Å². The van der Waals surface area contributed by atoms with Gasteiger partial charge in [0.1, 0.15) is 6.04 Å². The summed E-state index contributed by atoms with van der Waals surface area (Å²) < 4.78 is 26.9. The van der Waals surface area contributed by atoms with E-state index in [1.165, 1.54) is 4.31 Å². The topological polar surface area (TPSA) is 86.8 Å². The minimum absolute atomic E-state index is 0.0398. The number of benzene rings is 3. The lowest BCUT2D eigenvalue weighted by molar-refractivity contribution is -0.141. The molecule has 1 aliphatic carbocycles. The summed E-state index contributed by atoms with van der Waals surface area (Å²) in [5.74, 6) is -0.436. The van der Waals surface area contributed by atoms with Gasteiger partial charge in [0.15, 0.2) is 0 Å². The Hall–Kier alpha value is -3.07. The predicted molar refractivity (Wildman–Crippen MR) is 179 cm³/mol. The van der Waals surface area contributed by atoms with Crippen LogP contribution in [0, 0.1) is 6.92 Å². The minimum Gasteiger partial charge on any atom is -0.352 e. The lowest BCUT2D eigenvalue weighted by Gasteiger charge is -2.34. The lowest BCUT2D eigenvalue weighted by Crippen LogP contribution is -2.53. The molecule has 0 spiro atoms. The molecule has 44 heavy (non-hydrogen) atoms. The van der Waals surface area contributed by atoms with E-state index < -0.39 is 16.1 Å². The molecule has 0 radical (unpaired) electrons. The van der Waals surface area contributed by atoms with Gasteiger partial charge in [0.05, 0.1) is 11.9 Å². The summed E-state index contributed by atoms with van der Waals surface area (Å²) in [4.78, 5) is 29.7. The maximum Gasteiger partial charge on any atom is 0.243 e. The van der Waals surface area contributed by atoms with Crippen LogP contribution in [-0.4, -0.2) is 50.0 Å². The van der Waals surface area contributed by atoms with Gasteiger partial charge in [0.2, 0.25) is 21.8 Å². The van der Waals surface area contributed by atoms with Crippen LogP contribution in [0.2, 0.25) is 10.0 Å². The van der Waals surface area contributed by atoms with E-state index in [0.717, 1.165) is 49.5 Å². The van der Waals surface area contributed by atoms with Gasteiger partial charge >= 0.3 is 0 Å². The quantitative estimate of drug-likeness (QED) is 0.216. The van der Waals surface area contributed by atoms with E-state index >= 15 is 0 Å². The van der Waals surface area contributed by atoms with Gasteiger partial charge in [-0.15, -0.1) is 0 Å². The second-order valence-corrected chi connectivity index (χ2v) is 14.2. The highest BCUT2D eigenvalue weighted by Crippen LogP contribution is 2.29. The van der Waals surface area contributed by atoms with E-state index in [4.69, 9.17) is 23.2 Å². The molecule has 10 heteroatoms. The monoisotopic (exact) mass is 657 g/mol. The summed E-state index contributed by atoms with van der Waals surface area (Å²) in [6.45, 7) is 2.01. The van der Waals surface area contributed by atoms with Crippen LogP contribution < -0.4 is 9.62 Å². The highest BCUT2D eigenvalue weighted by molar-refractivity contribution is 7.92. The highest BCUT2D eigenvalue weighted by Gasteiger charge is 2.32. The molecule has 1 fully saturated rings. The third kappa shape index (κ3) is 9.22. The van der Waals surface area contributed by atoms with Crippen molar-refractivity contribution in [2.45, 2.75) is 76.9 Å². The van der Waals surface area contributed by atoms with E-state index in [-0.39, 0.29) is 43.8 Å². The minimum atomic E-state index is -3.65. The van der Waals surface area contributed by atoms with Crippen molar-refractivity contribution in [3.8, 4) is 0 Å². The van der Waals surface area contributed by atoms with Gasteiger partial charge in [-0.2, -0.15) is 0 Å². The van der Waals surface area contributed by atoms with Crippen LogP contribution in [0.4, 0.5) is 5.69 Å². The van der Waals surface area contributed by atoms with Crippen molar-refractivity contribution in [2.24, 2.45) is 0 Å². The average Bonchev–Trinajstić information content (AvgIpc) is 3.00. The first kappa shape index (κ1) is 33.8. The van der Waals surface area contributed by atoms with Crippen molar-refractivity contribution in [3.63, 3.8) is 0 Å². The standard InChI is InChI=1S/C34H41Cl2N3O4S/c1-25-29(35)19-11-20-31(25)39(44(2,42)43)22-12-21-33(40)38(24-27-15-9-10-18-30(27)36)32(23-26-13-5-3-6-14-26)34(41)37-28-16-7-4-8-17-28/h3,5-6,9-11,13-15,18-20,28,32H,4,7-8,12,16-17,21-24H2,1-2H3,(H,37,41). The third-order valence-corrected chi connectivity index (χ3v) is 10.1. The van der Waals surface area contributed by atoms with E-state index in [0.29, 0.717) is 27.7 Å². The Morgan fingerprint density at radius 2 is 1.57 bits per heavy atom. The van der Waals surface area contributed by atoms with Crippen LogP contribution in [0.1, 0.15) is 61.6 Å². The number of carbonyl (C=O) groups is 2. The Labute approximate surface area is 271 Å². The maximum atomic E-state index is 14.1. The van der Waals surface area contributed by atoms with Crippen LogP contribution >= 0.6 is 23.2 Å². The molecule has 1 N–H and O–H groups in total.